The van der Waals surface area contributed by atoms with Crippen LogP contribution < -0.4 is 5.32 Å². The molecule has 3 heterocycles. The van der Waals surface area contributed by atoms with E-state index in [9.17, 15) is 9.59 Å². The van der Waals surface area contributed by atoms with Crippen molar-refractivity contribution < 1.29 is 19.1 Å². The van der Waals surface area contributed by atoms with Crippen molar-refractivity contribution in [3.63, 3.8) is 0 Å². The first-order chi connectivity index (χ1) is 13.3. The molecule has 1 saturated heterocycles. The van der Waals surface area contributed by atoms with Crippen molar-refractivity contribution in [2.75, 3.05) is 25.0 Å². The van der Waals surface area contributed by atoms with Crippen molar-refractivity contribution in [1.29, 1.82) is 0 Å². The molecule has 0 spiro atoms. The van der Waals surface area contributed by atoms with Crippen molar-refractivity contribution in [3.8, 4) is 0 Å². The fourth-order valence-electron chi connectivity index (χ4n) is 3.07. The van der Waals surface area contributed by atoms with Gasteiger partial charge in [0.25, 0.3) is 0 Å². The van der Waals surface area contributed by atoms with Crippen LogP contribution in [0.5, 0.6) is 0 Å². The Morgan fingerprint density at radius 3 is 2.68 bits per heavy atom. The molecule has 0 aliphatic carbocycles. The van der Waals surface area contributed by atoms with Gasteiger partial charge in [-0.05, 0) is 40.5 Å². The molecule has 1 amide bonds. The first-order valence-corrected chi connectivity index (χ1v) is 9.52. The lowest BCUT2D eigenvalue weighted by Crippen LogP contribution is -2.44. The lowest BCUT2D eigenvalue weighted by atomic mass is 10.1. The zero-order valence-electron chi connectivity index (χ0n) is 16.7. The number of rotatable bonds is 4. The molecule has 0 radical (unpaired) electrons. The monoisotopic (exact) mass is 389 g/mol. The summed E-state index contributed by atoms with van der Waals surface area (Å²) < 4.78 is 10.5. The van der Waals surface area contributed by atoms with Crippen LogP contribution in [-0.4, -0.2) is 63.3 Å². The number of carbonyl (C=O) groups is 2. The van der Waals surface area contributed by atoms with E-state index < -0.39 is 11.6 Å². The van der Waals surface area contributed by atoms with E-state index in [1.54, 1.807) is 24.2 Å². The van der Waals surface area contributed by atoms with Gasteiger partial charge in [-0.2, -0.15) is 0 Å². The zero-order chi connectivity index (χ0) is 20.3. The molecule has 1 fully saturated rings. The molecule has 0 atom stereocenters. The maximum Gasteiger partial charge on any atom is 0.410 e. The minimum absolute atomic E-state index is 0.162. The van der Waals surface area contributed by atoms with Gasteiger partial charge in [-0.1, -0.05) is 0 Å². The Labute approximate surface area is 163 Å². The molecule has 9 nitrogen and oxygen atoms in total. The van der Waals surface area contributed by atoms with Crippen molar-refractivity contribution in [1.82, 2.24) is 19.9 Å². The highest BCUT2D eigenvalue weighted by molar-refractivity contribution is 6.01. The number of carbonyl (C=O) groups excluding carboxylic acids is 2. The number of hydrogen-bond donors (Lipinski definition) is 2. The van der Waals surface area contributed by atoms with Crippen LogP contribution in [0.25, 0.3) is 11.2 Å². The van der Waals surface area contributed by atoms with Gasteiger partial charge in [-0.3, -0.25) is 0 Å². The van der Waals surface area contributed by atoms with Crippen LogP contribution in [0.2, 0.25) is 0 Å². The lowest BCUT2D eigenvalue weighted by molar-refractivity contribution is 0.0210. The molecule has 1 aliphatic heterocycles. The van der Waals surface area contributed by atoms with Gasteiger partial charge >= 0.3 is 12.1 Å². The molecule has 2 aromatic rings. The van der Waals surface area contributed by atoms with Crippen LogP contribution in [-0.2, 0) is 9.47 Å². The quantitative estimate of drug-likeness (QED) is 0.774. The number of aromatic amines is 1. The fourth-order valence-corrected chi connectivity index (χ4v) is 3.07. The molecule has 0 bridgehead atoms. The molecule has 28 heavy (non-hydrogen) atoms. The molecule has 0 saturated carbocycles. The summed E-state index contributed by atoms with van der Waals surface area (Å²) in [5.74, 6) is 0.166. The van der Waals surface area contributed by atoms with E-state index in [-0.39, 0.29) is 12.1 Å². The second-order valence-electron chi connectivity index (χ2n) is 7.76. The molecule has 0 aromatic carbocycles. The number of likely N-dealkylation sites (tertiary alicyclic amines) is 1. The third-order valence-electron chi connectivity index (χ3n) is 4.37. The van der Waals surface area contributed by atoms with Crippen LogP contribution in [0.4, 0.5) is 10.6 Å². The summed E-state index contributed by atoms with van der Waals surface area (Å²) in [5, 5.41) is 3.35. The second kappa shape index (κ2) is 8.04. The molecular weight excluding hydrogens is 362 g/mol. The zero-order valence-corrected chi connectivity index (χ0v) is 16.7. The Morgan fingerprint density at radius 1 is 1.32 bits per heavy atom. The molecule has 152 valence electrons. The van der Waals surface area contributed by atoms with Crippen LogP contribution in [0, 0.1) is 0 Å². The molecule has 9 heteroatoms. The van der Waals surface area contributed by atoms with Gasteiger partial charge in [0.1, 0.15) is 22.5 Å². The summed E-state index contributed by atoms with van der Waals surface area (Å²) in [6.07, 6.45) is 4.46. The van der Waals surface area contributed by atoms with Gasteiger partial charge in [-0.25, -0.2) is 19.6 Å². The number of amides is 1. The third kappa shape index (κ3) is 4.71. The highest BCUT2D eigenvalue weighted by Crippen LogP contribution is 2.21. The first-order valence-electron chi connectivity index (χ1n) is 9.52. The Balaban J connectivity index is 1.62. The van der Waals surface area contributed by atoms with Crippen molar-refractivity contribution in [2.24, 2.45) is 0 Å². The average Bonchev–Trinajstić information content (AvgIpc) is 3.04. The van der Waals surface area contributed by atoms with E-state index in [0.29, 0.717) is 42.2 Å². The van der Waals surface area contributed by atoms with Crippen LogP contribution >= 0.6 is 0 Å². The number of fused-ring (bicyclic) bond motifs is 1. The third-order valence-corrected chi connectivity index (χ3v) is 4.37. The molecule has 3 rings (SSSR count). The number of anilines is 1. The van der Waals surface area contributed by atoms with Crippen LogP contribution in [0.3, 0.4) is 0 Å². The van der Waals surface area contributed by atoms with Gasteiger partial charge in [0.05, 0.1) is 12.8 Å². The van der Waals surface area contributed by atoms with E-state index >= 15 is 0 Å². The highest BCUT2D eigenvalue weighted by atomic mass is 16.6. The Bertz CT molecular complexity index is 850. The summed E-state index contributed by atoms with van der Waals surface area (Å²) in [4.78, 5) is 37.7. The maximum atomic E-state index is 12.2. The largest absolute Gasteiger partial charge is 0.462 e. The van der Waals surface area contributed by atoms with E-state index in [2.05, 4.69) is 20.3 Å². The minimum Gasteiger partial charge on any atom is -0.462 e. The van der Waals surface area contributed by atoms with Gasteiger partial charge in [-0.15, -0.1) is 0 Å². The molecule has 2 N–H and O–H groups in total. The van der Waals surface area contributed by atoms with Crippen LogP contribution in [0.1, 0.15) is 50.9 Å². The van der Waals surface area contributed by atoms with Gasteiger partial charge in [0.2, 0.25) is 0 Å². The summed E-state index contributed by atoms with van der Waals surface area (Å²) in [6, 6.07) is 0.162. The summed E-state index contributed by atoms with van der Waals surface area (Å²) in [5.41, 5.74) is 0.889. The van der Waals surface area contributed by atoms with E-state index in [1.165, 1.54) is 0 Å². The Morgan fingerprint density at radius 2 is 2.04 bits per heavy atom. The fraction of sp³-hybridized carbons (Fsp3) is 0.579. The van der Waals surface area contributed by atoms with Crippen molar-refractivity contribution in [3.05, 3.63) is 18.0 Å². The second-order valence-corrected chi connectivity index (χ2v) is 7.76. The van der Waals surface area contributed by atoms with Gasteiger partial charge < -0.3 is 24.7 Å². The van der Waals surface area contributed by atoms with E-state index in [0.717, 1.165) is 12.8 Å². The Hall–Kier alpha value is -2.84. The van der Waals surface area contributed by atoms with Gasteiger partial charge in [0, 0.05) is 25.3 Å². The number of H-pyrrole nitrogens is 1. The number of aromatic nitrogens is 3. The molecule has 0 unspecified atom stereocenters. The molecule has 2 aromatic heterocycles. The standard InChI is InChI=1S/C19H27N5O4/c1-5-27-17(25)13-10-20-16-15(13)23-14(11-21-16)22-12-6-8-24(9-7-12)18(26)28-19(2,3)4/h10-12H,5-9H2,1-4H3,(H,20,21)(H,22,23). The number of nitrogens with one attached hydrogen (secondary N) is 2. The SMILES string of the molecule is CCOC(=O)c1c[nH]c2ncc(NC3CCN(C(=O)OC(C)(C)C)CC3)nc12. The highest BCUT2D eigenvalue weighted by Gasteiger charge is 2.27. The predicted molar refractivity (Wildman–Crippen MR) is 104 cm³/mol. The minimum atomic E-state index is -0.496. The normalized spacial score (nSPS) is 15.5. The van der Waals surface area contributed by atoms with Crippen molar-refractivity contribution in [2.45, 2.75) is 52.2 Å². The Kier molecular flexibility index (Phi) is 5.71. The number of hydrogen-bond acceptors (Lipinski definition) is 7. The van der Waals surface area contributed by atoms with Crippen molar-refractivity contribution >= 4 is 29.0 Å². The van der Waals surface area contributed by atoms with Crippen LogP contribution in [0.15, 0.2) is 12.4 Å². The average molecular weight is 389 g/mol. The predicted octanol–water partition coefficient (Wildman–Crippen LogP) is 2.95. The van der Waals surface area contributed by atoms with Gasteiger partial charge in [0.15, 0.2) is 5.65 Å². The first kappa shape index (κ1) is 19.9. The molecular formula is C19H27N5O4. The number of ether oxygens (including phenoxy) is 2. The number of nitrogens with zero attached hydrogens (tertiary/aromatic N) is 3. The summed E-state index contributed by atoms with van der Waals surface area (Å²) in [7, 11) is 0. The summed E-state index contributed by atoms with van der Waals surface area (Å²) in [6.45, 7) is 8.86. The number of piperidine rings is 1. The smallest absolute Gasteiger partial charge is 0.410 e. The molecule has 1 aliphatic rings. The van der Waals surface area contributed by atoms with E-state index in [1.807, 2.05) is 20.8 Å². The summed E-state index contributed by atoms with van der Waals surface area (Å²) >= 11 is 0. The topological polar surface area (TPSA) is 109 Å². The number of esters is 1. The van der Waals surface area contributed by atoms with E-state index in [4.69, 9.17) is 9.47 Å². The maximum absolute atomic E-state index is 12.2. The lowest BCUT2D eigenvalue weighted by Gasteiger charge is -2.33.